The summed E-state index contributed by atoms with van der Waals surface area (Å²) in [5.74, 6) is 1.09. The molecule has 0 aliphatic carbocycles. The molecule has 1 aliphatic heterocycles. The Labute approximate surface area is 112 Å². The van der Waals surface area contributed by atoms with Gasteiger partial charge in [-0.3, -0.25) is 0 Å². The zero-order valence-electron chi connectivity index (χ0n) is 10.1. The molecule has 2 aromatic rings. The second-order valence-electron chi connectivity index (χ2n) is 4.88. The van der Waals surface area contributed by atoms with Crippen LogP contribution in [0.2, 0.25) is 5.02 Å². The van der Waals surface area contributed by atoms with E-state index >= 15 is 0 Å². The van der Waals surface area contributed by atoms with Crippen LogP contribution in [0.15, 0.2) is 30.5 Å². The molecule has 1 aliphatic rings. The minimum absolute atomic E-state index is 0.254. The molecule has 2 heterocycles. The summed E-state index contributed by atoms with van der Waals surface area (Å²) in [5.41, 5.74) is 8.52. The van der Waals surface area contributed by atoms with Crippen molar-refractivity contribution in [3.8, 4) is 0 Å². The summed E-state index contributed by atoms with van der Waals surface area (Å²) < 4.78 is 2.26. The van der Waals surface area contributed by atoms with E-state index in [4.69, 9.17) is 17.3 Å². The Bertz CT molecular complexity index is 562. The SMILES string of the molecule is NC1CCc2cnc(Cc3cccc(Cl)c3)n2C1. The molecule has 3 rings (SSSR count). The first-order valence-corrected chi connectivity index (χ1v) is 6.63. The fraction of sp³-hybridized carbons (Fsp3) is 0.357. The summed E-state index contributed by atoms with van der Waals surface area (Å²) in [6.07, 6.45) is 4.88. The van der Waals surface area contributed by atoms with Crippen LogP contribution in [-0.2, 0) is 19.4 Å². The molecule has 1 aromatic carbocycles. The molecule has 18 heavy (non-hydrogen) atoms. The van der Waals surface area contributed by atoms with Gasteiger partial charge in [0.15, 0.2) is 0 Å². The van der Waals surface area contributed by atoms with E-state index in [1.807, 2.05) is 24.4 Å². The van der Waals surface area contributed by atoms with Crippen LogP contribution < -0.4 is 5.73 Å². The van der Waals surface area contributed by atoms with Crippen molar-refractivity contribution >= 4 is 11.6 Å². The normalized spacial score (nSPS) is 18.7. The lowest BCUT2D eigenvalue weighted by atomic mass is 10.1. The Kier molecular flexibility index (Phi) is 3.10. The smallest absolute Gasteiger partial charge is 0.113 e. The molecule has 0 fully saturated rings. The molecule has 94 valence electrons. The van der Waals surface area contributed by atoms with E-state index < -0.39 is 0 Å². The van der Waals surface area contributed by atoms with E-state index in [2.05, 4.69) is 15.6 Å². The van der Waals surface area contributed by atoms with Crippen LogP contribution in [-0.4, -0.2) is 15.6 Å². The first-order chi connectivity index (χ1) is 8.72. The molecule has 1 aromatic heterocycles. The zero-order valence-corrected chi connectivity index (χ0v) is 10.9. The second kappa shape index (κ2) is 4.75. The summed E-state index contributed by atoms with van der Waals surface area (Å²) in [7, 11) is 0. The Morgan fingerprint density at radius 1 is 1.44 bits per heavy atom. The number of nitrogens with two attached hydrogens (primary N) is 1. The van der Waals surface area contributed by atoms with Crippen LogP contribution in [0.5, 0.6) is 0 Å². The van der Waals surface area contributed by atoms with Crippen molar-refractivity contribution in [3.05, 3.63) is 52.6 Å². The number of aryl methyl sites for hydroxylation is 1. The first-order valence-electron chi connectivity index (χ1n) is 6.25. The fourth-order valence-corrected chi connectivity index (χ4v) is 2.72. The van der Waals surface area contributed by atoms with Crippen LogP contribution in [0.25, 0.3) is 0 Å². The van der Waals surface area contributed by atoms with Crippen molar-refractivity contribution in [3.63, 3.8) is 0 Å². The van der Waals surface area contributed by atoms with Gasteiger partial charge in [0.25, 0.3) is 0 Å². The fourth-order valence-electron chi connectivity index (χ4n) is 2.51. The maximum absolute atomic E-state index is 6.03. The van der Waals surface area contributed by atoms with E-state index in [0.29, 0.717) is 0 Å². The second-order valence-corrected chi connectivity index (χ2v) is 5.32. The number of hydrogen-bond donors (Lipinski definition) is 1. The molecule has 0 radical (unpaired) electrons. The van der Waals surface area contributed by atoms with Crippen LogP contribution in [0.1, 0.15) is 23.5 Å². The molecular formula is C14H16ClN3. The lowest BCUT2D eigenvalue weighted by Gasteiger charge is -2.22. The van der Waals surface area contributed by atoms with E-state index in [1.54, 1.807) is 0 Å². The zero-order chi connectivity index (χ0) is 12.5. The average molecular weight is 262 g/mol. The van der Waals surface area contributed by atoms with Gasteiger partial charge in [0.2, 0.25) is 0 Å². The topological polar surface area (TPSA) is 43.8 Å². The van der Waals surface area contributed by atoms with Gasteiger partial charge in [-0.25, -0.2) is 4.98 Å². The number of benzene rings is 1. The molecule has 1 unspecified atom stereocenters. The number of aromatic nitrogens is 2. The van der Waals surface area contributed by atoms with Crippen molar-refractivity contribution in [2.45, 2.75) is 31.8 Å². The van der Waals surface area contributed by atoms with Crippen molar-refractivity contribution in [2.24, 2.45) is 5.73 Å². The summed E-state index contributed by atoms with van der Waals surface area (Å²) in [6, 6.07) is 8.19. The van der Waals surface area contributed by atoms with Crippen LogP contribution in [0.4, 0.5) is 0 Å². The van der Waals surface area contributed by atoms with E-state index in [0.717, 1.165) is 36.7 Å². The van der Waals surface area contributed by atoms with Gasteiger partial charge in [-0.1, -0.05) is 23.7 Å². The van der Waals surface area contributed by atoms with Crippen LogP contribution in [0, 0.1) is 0 Å². The molecule has 0 saturated carbocycles. The highest BCUT2D eigenvalue weighted by atomic mass is 35.5. The minimum Gasteiger partial charge on any atom is -0.330 e. The quantitative estimate of drug-likeness (QED) is 0.902. The predicted molar refractivity (Wildman–Crippen MR) is 72.8 cm³/mol. The van der Waals surface area contributed by atoms with Crippen LogP contribution in [0.3, 0.4) is 0 Å². The van der Waals surface area contributed by atoms with Crippen molar-refractivity contribution in [2.75, 3.05) is 0 Å². The highest BCUT2D eigenvalue weighted by Crippen LogP contribution is 2.19. The molecule has 2 N–H and O–H groups in total. The molecule has 0 saturated heterocycles. The van der Waals surface area contributed by atoms with Gasteiger partial charge in [-0.2, -0.15) is 0 Å². The Balaban J connectivity index is 1.87. The third-order valence-electron chi connectivity index (χ3n) is 3.46. The molecule has 0 amide bonds. The lowest BCUT2D eigenvalue weighted by Crippen LogP contribution is -2.32. The maximum atomic E-state index is 6.03. The molecule has 3 nitrogen and oxygen atoms in total. The van der Waals surface area contributed by atoms with Gasteiger partial charge in [0.1, 0.15) is 5.82 Å². The molecule has 4 heteroatoms. The average Bonchev–Trinajstić information content (AvgIpc) is 2.72. The van der Waals surface area contributed by atoms with E-state index in [9.17, 15) is 0 Å². The summed E-state index contributed by atoms with van der Waals surface area (Å²) >= 11 is 6.00. The van der Waals surface area contributed by atoms with Gasteiger partial charge in [-0.15, -0.1) is 0 Å². The van der Waals surface area contributed by atoms with Gasteiger partial charge in [0.05, 0.1) is 0 Å². The molecule has 0 spiro atoms. The Hall–Kier alpha value is -1.32. The number of hydrogen-bond acceptors (Lipinski definition) is 2. The molecule has 1 atom stereocenters. The monoisotopic (exact) mass is 261 g/mol. The Morgan fingerprint density at radius 3 is 3.17 bits per heavy atom. The first kappa shape index (κ1) is 11.8. The largest absolute Gasteiger partial charge is 0.330 e. The lowest BCUT2D eigenvalue weighted by molar-refractivity contribution is 0.451. The van der Waals surface area contributed by atoms with Gasteiger partial charge >= 0.3 is 0 Å². The number of imidazole rings is 1. The molecular weight excluding hydrogens is 246 g/mol. The highest BCUT2D eigenvalue weighted by molar-refractivity contribution is 6.30. The van der Waals surface area contributed by atoms with E-state index in [-0.39, 0.29) is 6.04 Å². The van der Waals surface area contributed by atoms with Gasteiger partial charge in [0, 0.05) is 35.9 Å². The number of rotatable bonds is 2. The Morgan fingerprint density at radius 2 is 2.33 bits per heavy atom. The van der Waals surface area contributed by atoms with Crippen LogP contribution >= 0.6 is 11.6 Å². The van der Waals surface area contributed by atoms with Crippen molar-refractivity contribution < 1.29 is 0 Å². The van der Waals surface area contributed by atoms with E-state index in [1.165, 1.54) is 11.3 Å². The molecule has 0 bridgehead atoms. The number of halogens is 1. The highest BCUT2D eigenvalue weighted by Gasteiger charge is 2.18. The van der Waals surface area contributed by atoms with Crippen molar-refractivity contribution in [1.29, 1.82) is 0 Å². The minimum atomic E-state index is 0.254. The summed E-state index contributed by atoms with van der Waals surface area (Å²) in [4.78, 5) is 4.52. The number of fused-ring (bicyclic) bond motifs is 1. The standard InChI is InChI=1S/C14H16ClN3/c15-11-3-1-2-10(6-11)7-14-17-8-13-5-4-12(16)9-18(13)14/h1-3,6,8,12H,4-5,7,9,16H2. The van der Waals surface area contributed by atoms with Crippen molar-refractivity contribution in [1.82, 2.24) is 9.55 Å². The van der Waals surface area contributed by atoms with Gasteiger partial charge < -0.3 is 10.3 Å². The summed E-state index contributed by atoms with van der Waals surface area (Å²) in [5, 5.41) is 0.773. The predicted octanol–water partition coefficient (Wildman–Crippen LogP) is 2.40. The summed E-state index contributed by atoms with van der Waals surface area (Å²) in [6.45, 7) is 0.880. The third-order valence-corrected chi connectivity index (χ3v) is 3.70. The third kappa shape index (κ3) is 2.28. The number of nitrogens with zero attached hydrogens (tertiary/aromatic N) is 2. The maximum Gasteiger partial charge on any atom is 0.113 e. The van der Waals surface area contributed by atoms with Gasteiger partial charge in [-0.05, 0) is 30.5 Å².